The molecule has 1 atom stereocenters. The van der Waals surface area contributed by atoms with Crippen molar-refractivity contribution in [1.29, 1.82) is 5.26 Å². The van der Waals surface area contributed by atoms with Crippen molar-refractivity contribution in [3.8, 4) is 6.07 Å². The van der Waals surface area contributed by atoms with E-state index in [1.807, 2.05) is 6.07 Å². The summed E-state index contributed by atoms with van der Waals surface area (Å²) in [7, 11) is 0. The third kappa shape index (κ3) is 3.81. The second-order valence-corrected chi connectivity index (χ2v) is 9.15. The quantitative estimate of drug-likeness (QED) is 0.710. The lowest BCUT2D eigenvalue weighted by Crippen LogP contribution is -2.42. The Morgan fingerprint density at radius 1 is 1.43 bits per heavy atom. The number of hydrogen-bond acceptors (Lipinski definition) is 7. The summed E-state index contributed by atoms with van der Waals surface area (Å²) < 4.78 is 5.82. The summed E-state index contributed by atoms with van der Waals surface area (Å²) in [6.45, 7) is 8.51. The first-order chi connectivity index (χ1) is 14.5. The van der Waals surface area contributed by atoms with E-state index in [1.165, 1.54) is 17.3 Å². The number of halogens is 1. The van der Waals surface area contributed by atoms with E-state index in [-0.39, 0.29) is 18.1 Å². The Balaban J connectivity index is 1.51. The van der Waals surface area contributed by atoms with E-state index in [0.29, 0.717) is 27.1 Å². The van der Waals surface area contributed by atoms with Gasteiger partial charge < -0.3 is 14.7 Å². The van der Waals surface area contributed by atoms with Crippen molar-refractivity contribution in [2.45, 2.75) is 42.4 Å². The fourth-order valence-electron chi connectivity index (χ4n) is 4.13. The van der Waals surface area contributed by atoms with Gasteiger partial charge in [-0.05, 0) is 37.5 Å². The molecule has 1 N–H and O–H groups in total. The number of aliphatic hydroxyl groups excluding tert-OH is 1. The van der Waals surface area contributed by atoms with Crippen LogP contribution in [0.2, 0.25) is 5.02 Å². The molecule has 8 heteroatoms. The number of aromatic nitrogens is 2. The second-order valence-electron chi connectivity index (χ2n) is 7.71. The number of nitriles is 1. The number of aliphatic hydroxyl groups is 1. The number of nitrogens with zero attached hydrogens (tertiary/aromatic N) is 4. The van der Waals surface area contributed by atoms with Gasteiger partial charge in [-0.3, -0.25) is 0 Å². The Morgan fingerprint density at radius 2 is 2.20 bits per heavy atom. The number of benzene rings is 1. The summed E-state index contributed by atoms with van der Waals surface area (Å²) >= 11 is 7.63. The third-order valence-corrected chi connectivity index (χ3v) is 7.54. The molecule has 0 unspecified atom stereocenters. The molecule has 0 amide bonds. The lowest BCUT2D eigenvalue weighted by molar-refractivity contribution is 0.0977. The first kappa shape index (κ1) is 21.1. The monoisotopic (exact) mass is 442 g/mol. The minimum Gasteiger partial charge on any atom is -0.390 e. The zero-order chi connectivity index (χ0) is 21.3. The molecule has 156 valence electrons. The zero-order valence-corrected chi connectivity index (χ0v) is 18.3. The number of ether oxygens (including phenoxy) is 1. The largest absolute Gasteiger partial charge is 0.390 e. The van der Waals surface area contributed by atoms with Gasteiger partial charge >= 0.3 is 0 Å². The van der Waals surface area contributed by atoms with Gasteiger partial charge in [-0.2, -0.15) is 5.26 Å². The minimum absolute atomic E-state index is 0.0566. The SMILES string of the molecule is C=C1[C@H](C)OCC12CCN(c1ncc(Sc3cccc(C#N)c3Cl)nc1CO)CC2. The summed E-state index contributed by atoms with van der Waals surface area (Å²) in [5.74, 6) is 0.714. The van der Waals surface area contributed by atoms with Gasteiger partial charge in [0.15, 0.2) is 5.82 Å². The summed E-state index contributed by atoms with van der Waals surface area (Å²) in [5, 5.41) is 20.1. The number of piperidine rings is 1. The van der Waals surface area contributed by atoms with Crippen molar-refractivity contribution in [1.82, 2.24) is 9.97 Å². The maximum Gasteiger partial charge on any atom is 0.152 e. The Hall–Kier alpha value is -2.11. The molecule has 2 aliphatic rings. The average molecular weight is 443 g/mol. The maximum atomic E-state index is 9.92. The second kappa shape index (κ2) is 8.56. The molecule has 0 aliphatic carbocycles. The minimum atomic E-state index is -0.197. The van der Waals surface area contributed by atoms with Gasteiger partial charge in [0.25, 0.3) is 0 Å². The fraction of sp³-hybridized carbons (Fsp3) is 0.409. The van der Waals surface area contributed by atoms with Gasteiger partial charge in [0.05, 0.1) is 36.1 Å². The number of rotatable bonds is 4. The van der Waals surface area contributed by atoms with Crippen molar-refractivity contribution in [3.63, 3.8) is 0 Å². The van der Waals surface area contributed by atoms with Gasteiger partial charge in [-0.15, -0.1) is 0 Å². The van der Waals surface area contributed by atoms with Crippen molar-refractivity contribution >= 4 is 29.2 Å². The molecule has 0 bridgehead atoms. The number of anilines is 1. The molecular weight excluding hydrogens is 420 g/mol. The Morgan fingerprint density at radius 3 is 2.83 bits per heavy atom. The van der Waals surface area contributed by atoms with Gasteiger partial charge in [0.1, 0.15) is 16.8 Å². The highest BCUT2D eigenvalue weighted by atomic mass is 35.5. The third-order valence-electron chi connectivity index (χ3n) is 6.05. The van der Waals surface area contributed by atoms with Crippen LogP contribution in [-0.4, -0.2) is 40.9 Å². The Labute approximate surface area is 185 Å². The standard InChI is InChI=1S/C22H23ClN4O2S/c1-14-15(2)29-13-22(14)6-8-27(9-7-22)21-17(12-28)26-19(11-25-21)30-18-5-3-4-16(10-24)20(18)23/h3-5,11,15,28H,1,6-9,12-13H2,2H3/t15-/m0/s1. The molecule has 2 aromatic rings. The lowest BCUT2D eigenvalue weighted by atomic mass is 9.74. The lowest BCUT2D eigenvalue weighted by Gasteiger charge is -2.40. The zero-order valence-electron chi connectivity index (χ0n) is 16.8. The van der Waals surface area contributed by atoms with Crippen molar-refractivity contribution in [3.05, 3.63) is 52.8 Å². The molecule has 6 nitrogen and oxygen atoms in total. The van der Waals surface area contributed by atoms with Crippen LogP contribution in [-0.2, 0) is 11.3 Å². The van der Waals surface area contributed by atoms with Crippen LogP contribution < -0.4 is 4.90 Å². The molecule has 2 fully saturated rings. The predicted molar refractivity (Wildman–Crippen MR) is 117 cm³/mol. The highest BCUT2D eigenvalue weighted by molar-refractivity contribution is 7.99. The van der Waals surface area contributed by atoms with Gasteiger partial charge in [-0.1, -0.05) is 36.0 Å². The smallest absolute Gasteiger partial charge is 0.152 e. The molecule has 2 saturated heterocycles. The Bertz CT molecular complexity index is 1010. The first-order valence-electron chi connectivity index (χ1n) is 9.86. The maximum absolute atomic E-state index is 9.92. The molecular formula is C22H23ClN4O2S. The molecule has 1 aromatic heterocycles. The molecule has 1 aromatic carbocycles. The number of hydrogen-bond donors (Lipinski definition) is 1. The van der Waals surface area contributed by atoms with Crippen molar-refractivity contribution in [2.75, 3.05) is 24.6 Å². The summed E-state index contributed by atoms with van der Waals surface area (Å²) in [6.07, 6.45) is 3.72. The molecule has 3 heterocycles. The molecule has 1 spiro atoms. The highest BCUT2D eigenvalue weighted by Crippen LogP contribution is 2.46. The van der Waals surface area contributed by atoms with Gasteiger partial charge in [0, 0.05) is 23.4 Å². The van der Waals surface area contributed by atoms with E-state index in [0.717, 1.165) is 37.4 Å². The van der Waals surface area contributed by atoms with Crippen LogP contribution >= 0.6 is 23.4 Å². The van der Waals surface area contributed by atoms with Crippen LogP contribution in [0.4, 0.5) is 5.82 Å². The van der Waals surface area contributed by atoms with Crippen LogP contribution in [0.25, 0.3) is 0 Å². The first-order valence-corrected chi connectivity index (χ1v) is 11.1. The van der Waals surface area contributed by atoms with Crippen molar-refractivity contribution in [2.24, 2.45) is 5.41 Å². The van der Waals surface area contributed by atoms with Crippen molar-refractivity contribution < 1.29 is 9.84 Å². The van der Waals surface area contributed by atoms with Crippen LogP contribution in [0.5, 0.6) is 0 Å². The van der Waals surface area contributed by atoms with E-state index in [1.54, 1.807) is 18.3 Å². The molecule has 2 aliphatic heterocycles. The van der Waals surface area contributed by atoms with E-state index in [4.69, 9.17) is 21.6 Å². The molecule has 0 radical (unpaired) electrons. The van der Waals surface area contributed by atoms with Crippen LogP contribution in [0.15, 0.2) is 46.5 Å². The summed E-state index contributed by atoms with van der Waals surface area (Å²) in [5.41, 5.74) is 2.21. The molecule has 30 heavy (non-hydrogen) atoms. The van der Waals surface area contributed by atoms with E-state index < -0.39 is 0 Å². The fourth-order valence-corrected chi connectivity index (χ4v) is 5.25. The Kier molecular flexibility index (Phi) is 6.03. The highest BCUT2D eigenvalue weighted by Gasteiger charge is 2.44. The van der Waals surface area contributed by atoms with E-state index in [2.05, 4.69) is 34.4 Å². The molecule has 0 saturated carbocycles. The van der Waals surface area contributed by atoms with Gasteiger partial charge in [-0.25, -0.2) is 9.97 Å². The summed E-state index contributed by atoms with van der Waals surface area (Å²) in [4.78, 5) is 12.1. The van der Waals surface area contributed by atoms with Gasteiger partial charge in [0.2, 0.25) is 0 Å². The van der Waals surface area contributed by atoms with Crippen LogP contribution in [0.3, 0.4) is 0 Å². The summed E-state index contributed by atoms with van der Waals surface area (Å²) in [6, 6.07) is 7.38. The van der Waals surface area contributed by atoms with E-state index >= 15 is 0 Å². The molecule has 4 rings (SSSR count). The average Bonchev–Trinajstić information content (AvgIpc) is 3.04. The normalized spacial score (nSPS) is 20.5. The topological polar surface area (TPSA) is 82.3 Å². The van der Waals surface area contributed by atoms with Crippen LogP contribution in [0.1, 0.15) is 31.0 Å². The predicted octanol–water partition coefficient (Wildman–Crippen LogP) is 4.21. The van der Waals surface area contributed by atoms with Crippen LogP contribution in [0, 0.1) is 16.7 Å². The van der Waals surface area contributed by atoms with E-state index in [9.17, 15) is 5.11 Å².